The number of anilines is 1. The number of hydrogen-bond donors (Lipinski definition) is 1. The first-order chi connectivity index (χ1) is 8.41. The molecular formula is C11H12N2O4S. The molecule has 18 heavy (non-hydrogen) atoms. The second kappa shape index (κ2) is 4.34. The molecule has 0 fully saturated rings. The van der Waals surface area contributed by atoms with E-state index in [1.807, 2.05) is 0 Å². The Morgan fingerprint density at radius 3 is 2.56 bits per heavy atom. The van der Waals surface area contributed by atoms with Crippen molar-refractivity contribution in [3.8, 4) is 17.1 Å². The van der Waals surface area contributed by atoms with Gasteiger partial charge < -0.3 is 15.0 Å². The Hall–Kier alpha value is -2.02. The smallest absolute Gasteiger partial charge is 0.179 e. The van der Waals surface area contributed by atoms with E-state index in [1.54, 1.807) is 18.2 Å². The highest BCUT2D eigenvalue weighted by molar-refractivity contribution is 7.90. The third-order valence-corrected chi connectivity index (χ3v) is 3.51. The first kappa shape index (κ1) is 12.4. The maximum Gasteiger partial charge on any atom is 0.179 e. The van der Waals surface area contributed by atoms with Gasteiger partial charge in [0.2, 0.25) is 0 Å². The van der Waals surface area contributed by atoms with E-state index in [2.05, 4.69) is 5.16 Å². The van der Waals surface area contributed by atoms with Crippen molar-refractivity contribution in [2.24, 2.45) is 0 Å². The lowest BCUT2D eigenvalue weighted by atomic mass is 10.1. The SMILES string of the molecule is COc1cc(-c2cc(N)no2)ccc1S(C)(=O)=O. The number of nitrogen functional groups attached to an aromatic ring is 1. The summed E-state index contributed by atoms with van der Waals surface area (Å²) in [4.78, 5) is 0.126. The lowest BCUT2D eigenvalue weighted by Gasteiger charge is -2.07. The van der Waals surface area contributed by atoms with Gasteiger partial charge in [-0.2, -0.15) is 0 Å². The third-order valence-electron chi connectivity index (χ3n) is 2.38. The van der Waals surface area contributed by atoms with E-state index in [-0.39, 0.29) is 16.5 Å². The highest BCUT2D eigenvalue weighted by atomic mass is 32.2. The quantitative estimate of drug-likeness (QED) is 0.902. The van der Waals surface area contributed by atoms with E-state index in [4.69, 9.17) is 15.0 Å². The largest absolute Gasteiger partial charge is 0.495 e. The van der Waals surface area contributed by atoms with Gasteiger partial charge >= 0.3 is 0 Å². The second-order valence-electron chi connectivity index (χ2n) is 3.75. The average molecular weight is 268 g/mol. The van der Waals surface area contributed by atoms with Gasteiger partial charge in [0.25, 0.3) is 0 Å². The Balaban J connectivity index is 2.55. The Kier molecular flexibility index (Phi) is 3.00. The fraction of sp³-hybridized carbons (Fsp3) is 0.182. The predicted molar refractivity (Wildman–Crippen MR) is 66.0 cm³/mol. The number of ether oxygens (including phenoxy) is 1. The molecule has 2 N–H and O–H groups in total. The summed E-state index contributed by atoms with van der Waals surface area (Å²) in [5.41, 5.74) is 6.10. The van der Waals surface area contributed by atoms with E-state index in [1.165, 1.54) is 13.2 Å². The molecular weight excluding hydrogens is 256 g/mol. The van der Waals surface area contributed by atoms with Crippen LogP contribution in [0.2, 0.25) is 0 Å². The summed E-state index contributed by atoms with van der Waals surface area (Å²) in [5, 5.41) is 3.56. The van der Waals surface area contributed by atoms with Gasteiger partial charge in [0.15, 0.2) is 21.4 Å². The Bertz CT molecular complexity index is 676. The molecule has 0 amide bonds. The van der Waals surface area contributed by atoms with Crippen LogP contribution in [0.25, 0.3) is 11.3 Å². The molecule has 0 aliphatic rings. The minimum Gasteiger partial charge on any atom is -0.495 e. The van der Waals surface area contributed by atoms with Crippen LogP contribution in [0.1, 0.15) is 0 Å². The number of hydrogen-bond acceptors (Lipinski definition) is 6. The number of rotatable bonds is 3. The molecule has 0 spiro atoms. The van der Waals surface area contributed by atoms with Crippen LogP contribution in [0, 0.1) is 0 Å². The highest BCUT2D eigenvalue weighted by Crippen LogP contribution is 2.30. The molecule has 1 aromatic heterocycles. The van der Waals surface area contributed by atoms with Crippen molar-refractivity contribution < 1.29 is 17.7 Å². The third kappa shape index (κ3) is 2.30. The van der Waals surface area contributed by atoms with Crippen LogP contribution in [0.3, 0.4) is 0 Å². The molecule has 7 heteroatoms. The predicted octanol–water partition coefficient (Wildman–Crippen LogP) is 1.34. The number of nitrogens with two attached hydrogens (primary N) is 1. The summed E-state index contributed by atoms with van der Waals surface area (Å²) in [6.45, 7) is 0. The average Bonchev–Trinajstić information content (AvgIpc) is 2.74. The molecule has 1 aromatic carbocycles. The van der Waals surface area contributed by atoms with Gasteiger partial charge in [-0.1, -0.05) is 5.16 Å². The van der Waals surface area contributed by atoms with Crippen molar-refractivity contribution in [2.75, 3.05) is 19.1 Å². The van der Waals surface area contributed by atoms with E-state index in [0.717, 1.165) is 6.26 Å². The molecule has 96 valence electrons. The Labute approximate surface area is 104 Å². The van der Waals surface area contributed by atoms with Crippen LogP contribution >= 0.6 is 0 Å². The van der Waals surface area contributed by atoms with Gasteiger partial charge in [-0.15, -0.1) is 0 Å². The summed E-state index contributed by atoms with van der Waals surface area (Å²) >= 11 is 0. The molecule has 0 aliphatic heterocycles. The molecule has 0 bridgehead atoms. The maximum absolute atomic E-state index is 11.5. The number of nitrogens with zero attached hydrogens (tertiary/aromatic N) is 1. The molecule has 0 aliphatic carbocycles. The summed E-state index contributed by atoms with van der Waals surface area (Å²) in [7, 11) is -1.93. The second-order valence-corrected chi connectivity index (χ2v) is 5.74. The molecule has 6 nitrogen and oxygen atoms in total. The fourth-order valence-electron chi connectivity index (χ4n) is 1.55. The number of aromatic nitrogens is 1. The summed E-state index contributed by atoms with van der Waals surface area (Å²) in [5.74, 6) is 0.965. The van der Waals surface area contributed by atoms with Crippen LogP contribution in [-0.4, -0.2) is 26.9 Å². The molecule has 2 aromatic rings. The molecule has 0 saturated heterocycles. The van der Waals surface area contributed by atoms with Crippen LogP contribution in [0.5, 0.6) is 5.75 Å². The van der Waals surface area contributed by atoms with Crippen molar-refractivity contribution in [2.45, 2.75) is 4.90 Å². The summed E-state index contributed by atoms with van der Waals surface area (Å²) in [6, 6.07) is 6.19. The number of benzene rings is 1. The molecule has 0 radical (unpaired) electrons. The first-order valence-electron chi connectivity index (χ1n) is 5.02. The highest BCUT2D eigenvalue weighted by Gasteiger charge is 2.16. The van der Waals surface area contributed by atoms with Gasteiger partial charge in [0, 0.05) is 17.9 Å². The van der Waals surface area contributed by atoms with Crippen molar-refractivity contribution >= 4 is 15.7 Å². The minimum atomic E-state index is -3.34. The van der Waals surface area contributed by atoms with Crippen LogP contribution in [-0.2, 0) is 9.84 Å². The van der Waals surface area contributed by atoms with Crippen molar-refractivity contribution in [3.63, 3.8) is 0 Å². The number of sulfone groups is 1. The standard InChI is InChI=1S/C11H12N2O4S/c1-16-9-5-7(8-6-11(12)13-17-8)3-4-10(9)18(2,14)15/h3-6H,1-2H3,(H2,12,13). The van der Waals surface area contributed by atoms with E-state index in [0.29, 0.717) is 11.3 Å². The molecule has 0 saturated carbocycles. The van der Waals surface area contributed by atoms with Crippen molar-refractivity contribution in [1.82, 2.24) is 5.16 Å². The van der Waals surface area contributed by atoms with Crippen LogP contribution in [0.4, 0.5) is 5.82 Å². The maximum atomic E-state index is 11.5. The lowest BCUT2D eigenvalue weighted by molar-refractivity contribution is 0.402. The lowest BCUT2D eigenvalue weighted by Crippen LogP contribution is -2.00. The summed E-state index contributed by atoms with van der Waals surface area (Å²) < 4.78 is 33.1. The molecule has 0 unspecified atom stereocenters. The zero-order chi connectivity index (χ0) is 13.3. The minimum absolute atomic E-state index is 0.126. The normalized spacial score (nSPS) is 11.4. The van der Waals surface area contributed by atoms with E-state index < -0.39 is 9.84 Å². The monoisotopic (exact) mass is 268 g/mol. The Morgan fingerprint density at radius 2 is 2.06 bits per heavy atom. The van der Waals surface area contributed by atoms with Crippen LogP contribution < -0.4 is 10.5 Å². The van der Waals surface area contributed by atoms with Gasteiger partial charge in [-0.25, -0.2) is 8.42 Å². The molecule has 2 rings (SSSR count). The summed E-state index contributed by atoms with van der Waals surface area (Å²) in [6.07, 6.45) is 1.12. The van der Waals surface area contributed by atoms with Crippen molar-refractivity contribution in [1.29, 1.82) is 0 Å². The van der Waals surface area contributed by atoms with E-state index in [9.17, 15) is 8.42 Å². The zero-order valence-electron chi connectivity index (χ0n) is 9.88. The topological polar surface area (TPSA) is 95.4 Å². The molecule has 1 heterocycles. The van der Waals surface area contributed by atoms with Crippen LogP contribution in [0.15, 0.2) is 33.7 Å². The van der Waals surface area contributed by atoms with Gasteiger partial charge in [0.05, 0.1) is 7.11 Å². The zero-order valence-corrected chi connectivity index (χ0v) is 10.7. The number of methoxy groups -OCH3 is 1. The van der Waals surface area contributed by atoms with Gasteiger partial charge in [-0.05, 0) is 18.2 Å². The van der Waals surface area contributed by atoms with E-state index >= 15 is 0 Å². The van der Waals surface area contributed by atoms with Gasteiger partial charge in [0.1, 0.15) is 10.6 Å². The van der Waals surface area contributed by atoms with Crippen molar-refractivity contribution in [3.05, 3.63) is 24.3 Å². The fourth-order valence-corrected chi connectivity index (χ4v) is 2.38. The molecule has 0 atom stereocenters. The Morgan fingerprint density at radius 1 is 1.33 bits per heavy atom. The first-order valence-corrected chi connectivity index (χ1v) is 6.91. The van der Waals surface area contributed by atoms with Gasteiger partial charge in [-0.3, -0.25) is 0 Å².